The van der Waals surface area contributed by atoms with Crippen molar-refractivity contribution in [1.29, 1.82) is 0 Å². The van der Waals surface area contributed by atoms with E-state index in [4.69, 9.17) is 9.84 Å². The Bertz CT molecular complexity index is 435. The van der Waals surface area contributed by atoms with Crippen molar-refractivity contribution in [1.82, 2.24) is 15.6 Å². The number of thiazole rings is 1. The van der Waals surface area contributed by atoms with Crippen LogP contribution in [0.25, 0.3) is 0 Å². The summed E-state index contributed by atoms with van der Waals surface area (Å²) in [6, 6.07) is -1.47. The molecule has 2 amide bonds. The number of urea groups is 1. The molecule has 8 heteroatoms. The van der Waals surface area contributed by atoms with E-state index in [0.717, 1.165) is 10.6 Å². The molecule has 0 saturated carbocycles. The number of aryl methyl sites for hydroxylation is 1. The monoisotopic (exact) mass is 287 g/mol. The highest BCUT2D eigenvalue weighted by Crippen LogP contribution is 2.10. The van der Waals surface area contributed by atoms with Gasteiger partial charge in [0.2, 0.25) is 0 Å². The number of amides is 2. The molecular formula is C11H17N3O4S. The molecule has 0 spiro atoms. The molecule has 1 aromatic heterocycles. The lowest BCUT2D eigenvalue weighted by Gasteiger charge is -2.14. The Hall–Kier alpha value is -1.67. The average Bonchev–Trinajstić information content (AvgIpc) is 2.77. The van der Waals surface area contributed by atoms with Crippen LogP contribution in [-0.2, 0) is 16.1 Å². The van der Waals surface area contributed by atoms with Crippen molar-refractivity contribution >= 4 is 23.3 Å². The Labute approximate surface area is 115 Å². The normalized spacial score (nSPS) is 11.9. The van der Waals surface area contributed by atoms with Crippen molar-refractivity contribution in [2.45, 2.75) is 25.9 Å². The van der Waals surface area contributed by atoms with Crippen LogP contribution < -0.4 is 10.6 Å². The lowest BCUT2D eigenvalue weighted by molar-refractivity contribution is -0.139. The Morgan fingerprint density at radius 3 is 2.84 bits per heavy atom. The average molecular weight is 287 g/mol. The number of carboxylic acids is 1. The summed E-state index contributed by atoms with van der Waals surface area (Å²) in [5, 5.41) is 13.9. The van der Waals surface area contributed by atoms with Gasteiger partial charge in [-0.1, -0.05) is 0 Å². The topological polar surface area (TPSA) is 101 Å². The van der Waals surface area contributed by atoms with Gasteiger partial charge in [0, 0.05) is 25.0 Å². The predicted molar refractivity (Wildman–Crippen MR) is 70.1 cm³/mol. The molecule has 3 N–H and O–H groups in total. The van der Waals surface area contributed by atoms with E-state index in [1.54, 1.807) is 5.51 Å². The molecule has 1 rings (SSSR count). The van der Waals surface area contributed by atoms with E-state index in [1.807, 2.05) is 6.92 Å². The highest BCUT2D eigenvalue weighted by molar-refractivity contribution is 7.09. The number of aliphatic carboxylic acids is 1. The van der Waals surface area contributed by atoms with Crippen LogP contribution in [0.4, 0.5) is 4.79 Å². The van der Waals surface area contributed by atoms with Crippen LogP contribution in [0.2, 0.25) is 0 Å². The molecule has 1 aromatic rings. The van der Waals surface area contributed by atoms with E-state index in [-0.39, 0.29) is 13.0 Å². The second kappa shape index (κ2) is 7.70. The summed E-state index contributed by atoms with van der Waals surface area (Å²) in [6.07, 6.45) is 0.221. The molecule has 0 fully saturated rings. The maximum atomic E-state index is 11.6. The quantitative estimate of drug-likeness (QED) is 0.686. The predicted octanol–water partition coefficient (Wildman–Crippen LogP) is 0.740. The number of hydrogen-bond acceptors (Lipinski definition) is 5. The standard InChI is InChI=1S/C11H17N3O4S/c1-7-9(19-6-13-7)5-12-11(17)14-8(10(15)16)3-4-18-2/h6,8H,3-5H2,1-2H3,(H,15,16)(H2,12,14,17). The number of methoxy groups -OCH3 is 1. The van der Waals surface area contributed by atoms with E-state index >= 15 is 0 Å². The van der Waals surface area contributed by atoms with Gasteiger partial charge in [0.05, 0.1) is 17.7 Å². The van der Waals surface area contributed by atoms with Crippen LogP contribution in [0.5, 0.6) is 0 Å². The van der Waals surface area contributed by atoms with Crippen molar-refractivity contribution in [3.8, 4) is 0 Å². The first-order chi connectivity index (χ1) is 9.04. The zero-order chi connectivity index (χ0) is 14.3. The summed E-state index contributed by atoms with van der Waals surface area (Å²) in [5.41, 5.74) is 2.56. The van der Waals surface area contributed by atoms with Gasteiger partial charge < -0.3 is 20.5 Å². The van der Waals surface area contributed by atoms with Gasteiger partial charge in [0.1, 0.15) is 6.04 Å². The number of hydrogen-bond donors (Lipinski definition) is 3. The summed E-state index contributed by atoms with van der Waals surface area (Å²) in [4.78, 5) is 27.5. The number of carboxylic acid groups (broad SMARTS) is 1. The molecular weight excluding hydrogens is 270 g/mol. The molecule has 0 bridgehead atoms. The number of aromatic nitrogens is 1. The van der Waals surface area contributed by atoms with Gasteiger partial charge in [-0.15, -0.1) is 11.3 Å². The number of nitrogens with zero attached hydrogens (tertiary/aromatic N) is 1. The molecule has 106 valence electrons. The highest BCUT2D eigenvalue weighted by atomic mass is 32.1. The Morgan fingerprint density at radius 2 is 2.32 bits per heavy atom. The fourth-order valence-corrected chi connectivity index (χ4v) is 2.08. The number of ether oxygens (including phenoxy) is 1. The number of carbonyl (C=O) groups excluding carboxylic acids is 1. The third-order valence-corrected chi connectivity index (χ3v) is 3.40. The number of nitrogens with one attached hydrogen (secondary N) is 2. The first kappa shape index (κ1) is 15.4. The molecule has 0 aromatic carbocycles. The zero-order valence-electron chi connectivity index (χ0n) is 10.8. The summed E-state index contributed by atoms with van der Waals surface area (Å²) in [7, 11) is 1.48. The van der Waals surface area contributed by atoms with Crippen LogP contribution in [0.3, 0.4) is 0 Å². The van der Waals surface area contributed by atoms with Gasteiger partial charge in [0.15, 0.2) is 0 Å². The molecule has 1 heterocycles. The molecule has 1 atom stereocenters. The van der Waals surface area contributed by atoms with E-state index < -0.39 is 18.0 Å². The molecule has 7 nitrogen and oxygen atoms in total. The Morgan fingerprint density at radius 1 is 1.58 bits per heavy atom. The van der Waals surface area contributed by atoms with Crippen LogP contribution in [0.1, 0.15) is 17.0 Å². The molecule has 0 aliphatic carbocycles. The van der Waals surface area contributed by atoms with Crippen molar-refractivity contribution in [2.75, 3.05) is 13.7 Å². The maximum absolute atomic E-state index is 11.6. The second-order valence-corrected chi connectivity index (χ2v) is 4.80. The molecule has 19 heavy (non-hydrogen) atoms. The smallest absolute Gasteiger partial charge is 0.326 e. The Balaban J connectivity index is 2.40. The fourth-order valence-electron chi connectivity index (χ4n) is 1.36. The van der Waals surface area contributed by atoms with Crippen molar-refractivity contribution in [3.63, 3.8) is 0 Å². The number of rotatable bonds is 7. The zero-order valence-corrected chi connectivity index (χ0v) is 11.6. The van der Waals surface area contributed by atoms with Crippen LogP contribution in [-0.4, -0.2) is 41.8 Å². The second-order valence-electron chi connectivity index (χ2n) is 3.86. The maximum Gasteiger partial charge on any atom is 0.326 e. The lowest BCUT2D eigenvalue weighted by atomic mass is 10.2. The lowest BCUT2D eigenvalue weighted by Crippen LogP contribution is -2.46. The van der Waals surface area contributed by atoms with E-state index in [1.165, 1.54) is 18.4 Å². The van der Waals surface area contributed by atoms with Gasteiger partial charge in [-0.05, 0) is 6.92 Å². The van der Waals surface area contributed by atoms with Gasteiger partial charge in [-0.25, -0.2) is 14.6 Å². The van der Waals surface area contributed by atoms with Gasteiger partial charge in [0.25, 0.3) is 0 Å². The molecule has 0 radical (unpaired) electrons. The number of carbonyl (C=O) groups is 2. The first-order valence-electron chi connectivity index (χ1n) is 5.69. The largest absolute Gasteiger partial charge is 0.480 e. The van der Waals surface area contributed by atoms with E-state index in [0.29, 0.717) is 6.54 Å². The highest BCUT2D eigenvalue weighted by Gasteiger charge is 2.19. The van der Waals surface area contributed by atoms with Gasteiger partial charge >= 0.3 is 12.0 Å². The van der Waals surface area contributed by atoms with Crippen molar-refractivity contribution in [2.24, 2.45) is 0 Å². The molecule has 1 unspecified atom stereocenters. The van der Waals surface area contributed by atoms with E-state index in [2.05, 4.69) is 15.6 Å². The first-order valence-corrected chi connectivity index (χ1v) is 6.57. The minimum atomic E-state index is -1.08. The summed E-state index contributed by atoms with van der Waals surface area (Å²) < 4.78 is 4.80. The minimum Gasteiger partial charge on any atom is -0.480 e. The summed E-state index contributed by atoms with van der Waals surface area (Å²) in [6.45, 7) is 2.45. The van der Waals surface area contributed by atoms with Gasteiger partial charge in [-0.3, -0.25) is 0 Å². The molecule has 0 saturated heterocycles. The third kappa shape index (κ3) is 5.23. The molecule has 0 aliphatic heterocycles. The van der Waals surface area contributed by atoms with Crippen LogP contribution >= 0.6 is 11.3 Å². The van der Waals surface area contributed by atoms with E-state index in [9.17, 15) is 9.59 Å². The van der Waals surface area contributed by atoms with Crippen LogP contribution in [0, 0.1) is 6.92 Å². The SMILES string of the molecule is COCCC(NC(=O)NCc1scnc1C)C(=O)O. The van der Waals surface area contributed by atoms with Crippen molar-refractivity contribution < 1.29 is 19.4 Å². The minimum absolute atomic E-state index is 0.221. The third-order valence-electron chi connectivity index (χ3n) is 2.47. The Kier molecular flexibility index (Phi) is 6.23. The van der Waals surface area contributed by atoms with Crippen LogP contribution in [0.15, 0.2) is 5.51 Å². The summed E-state index contributed by atoms with van der Waals surface area (Å²) in [5.74, 6) is -1.08. The van der Waals surface area contributed by atoms with Gasteiger partial charge in [-0.2, -0.15) is 0 Å². The van der Waals surface area contributed by atoms with Crippen molar-refractivity contribution in [3.05, 3.63) is 16.1 Å². The fraction of sp³-hybridized carbons (Fsp3) is 0.545. The molecule has 0 aliphatic rings. The summed E-state index contributed by atoms with van der Waals surface area (Å²) >= 11 is 1.44.